The van der Waals surface area contributed by atoms with Crippen LogP contribution in [0.1, 0.15) is 38.3 Å². The molecule has 2 aromatic carbocycles. The van der Waals surface area contributed by atoms with Crippen LogP contribution < -0.4 is 9.62 Å². The topological polar surface area (TPSA) is 86.8 Å². The Hall–Kier alpha value is -2.58. The van der Waals surface area contributed by atoms with Crippen LogP contribution in [0.25, 0.3) is 0 Å². The first-order valence-corrected chi connectivity index (χ1v) is 13.0. The molecule has 0 aromatic heterocycles. The highest BCUT2D eigenvalue weighted by molar-refractivity contribution is 7.92. The second kappa shape index (κ2) is 11.5. The Labute approximate surface area is 201 Å². The molecule has 0 unspecified atom stereocenters. The number of carbonyl (C=O) groups excluding carboxylic acids is 2. The van der Waals surface area contributed by atoms with E-state index in [0.717, 1.165) is 28.1 Å². The van der Waals surface area contributed by atoms with E-state index in [9.17, 15) is 18.0 Å². The number of halogens is 1. The van der Waals surface area contributed by atoms with Gasteiger partial charge in [-0.3, -0.25) is 13.9 Å². The van der Waals surface area contributed by atoms with Crippen molar-refractivity contribution in [2.24, 2.45) is 0 Å². The average Bonchev–Trinajstić information content (AvgIpc) is 2.76. The number of benzene rings is 2. The van der Waals surface area contributed by atoms with E-state index < -0.39 is 28.5 Å². The van der Waals surface area contributed by atoms with Crippen LogP contribution in [-0.2, 0) is 26.2 Å². The Morgan fingerprint density at radius 2 is 1.61 bits per heavy atom. The zero-order valence-electron chi connectivity index (χ0n) is 19.7. The minimum absolute atomic E-state index is 0.0486. The molecule has 2 rings (SSSR count). The van der Waals surface area contributed by atoms with Crippen LogP contribution in [0.5, 0.6) is 0 Å². The number of hydrogen-bond acceptors (Lipinski definition) is 4. The van der Waals surface area contributed by atoms with E-state index in [1.807, 2.05) is 20.8 Å². The molecule has 1 N–H and O–H groups in total. The molecular weight excluding hydrogens is 462 g/mol. The fourth-order valence-corrected chi connectivity index (χ4v) is 4.13. The molecule has 2 aromatic rings. The lowest BCUT2D eigenvalue weighted by Gasteiger charge is -2.32. The van der Waals surface area contributed by atoms with Gasteiger partial charge >= 0.3 is 0 Å². The summed E-state index contributed by atoms with van der Waals surface area (Å²) >= 11 is 5.98. The number of nitrogens with one attached hydrogen (secondary N) is 1. The standard InChI is InChI=1S/C24H32ClN3O4S/c1-6-18(3)26-24(30)19(4)27(15-20-9-11-21(25)12-10-20)23(29)16-28(33(5,31)32)22-13-7-17(2)8-14-22/h7-14,18-19H,6,15-16H2,1-5H3,(H,26,30)/t18-,19-/m1/s1. The van der Waals surface area contributed by atoms with Gasteiger partial charge in [0.25, 0.3) is 0 Å². The van der Waals surface area contributed by atoms with Gasteiger partial charge in [0.15, 0.2) is 0 Å². The van der Waals surface area contributed by atoms with Crippen molar-refractivity contribution >= 4 is 39.1 Å². The van der Waals surface area contributed by atoms with Gasteiger partial charge in [0.05, 0.1) is 11.9 Å². The van der Waals surface area contributed by atoms with Crippen molar-refractivity contribution in [3.8, 4) is 0 Å². The SMILES string of the molecule is CC[C@@H](C)NC(=O)[C@@H](C)N(Cc1ccc(Cl)cc1)C(=O)CN(c1ccc(C)cc1)S(C)(=O)=O. The first-order valence-electron chi connectivity index (χ1n) is 10.8. The van der Waals surface area contributed by atoms with Crippen molar-refractivity contribution in [1.82, 2.24) is 10.2 Å². The molecule has 0 aliphatic heterocycles. The zero-order valence-corrected chi connectivity index (χ0v) is 21.3. The molecule has 7 nitrogen and oxygen atoms in total. The molecule has 0 heterocycles. The summed E-state index contributed by atoms with van der Waals surface area (Å²) in [5, 5.41) is 3.45. The monoisotopic (exact) mass is 493 g/mol. The van der Waals surface area contributed by atoms with Gasteiger partial charge in [-0.25, -0.2) is 8.42 Å². The number of aryl methyl sites for hydroxylation is 1. The van der Waals surface area contributed by atoms with E-state index in [2.05, 4.69) is 5.32 Å². The first kappa shape index (κ1) is 26.7. The lowest BCUT2D eigenvalue weighted by molar-refractivity contribution is -0.139. The van der Waals surface area contributed by atoms with E-state index in [0.29, 0.717) is 10.7 Å². The molecular formula is C24H32ClN3O4S. The summed E-state index contributed by atoms with van der Waals surface area (Å²) in [5.41, 5.74) is 2.13. The molecule has 0 aliphatic rings. The fourth-order valence-electron chi connectivity index (χ4n) is 3.16. The minimum Gasteiger partial charge on any atom is -0.352 e. The highest BCUT2D eigenvalue weighted by atomic mass is 35.5. The molecule has 0 spiro atoms. The van der Waals surface area contributed by atoms with Crippen molar-refractivity contribution in [2.45, 2.75) is 52.7 Å². The van der Waals surface area contributed by atoms with Crippen molar-refractivity contribution < 1.29 is 18.0 Å². The highest BCUT2D eigenvalue weighted by Gasteiger charge is 2.30. The van der Waals surface area contributed by atoms with Gasteiger partial charge in [-0.1, -0.05) is 48.4 Å². The molecule has 180 valence electrons. The van der Waals surface area contributed by atoms with Crippen LogP contribution >= 0.6 is 11.6 Å². The third kappa shape index (κ3) is 7.75. The summed E-state index contributed by atoms with van der Waals surface area (Å²) in [6, 6.07) is 13.0. The number of hydrogen-bond donors (Lipinski definition) is 1. The zero-order chi connectivity index (χ0) is 24.8. The molecule has 0 bridgehead atoms. The van der Waals surface area contributed by atoms with Gasteiger partial charge in [-0.15, -0.1) is 0 Å². The number of carbonyl (C=O) groups is 2. The molecule has 33 heavy (non-hydrogen) atoms. The predicted molar refractivity (Wildman–Crippen MR) is 133 cm³/mol. The maximum absolute atomic E-state index is 13.4. The van der Waals surface area contributed by atoms with Gasteiger partial charge in [0.2, 0.25) is 21.8 Å². The predicted octanol–water partition coefficient (Wildman–Crippen LogP) is 3.75. The lowest BCUT2D eigenvalue weighted by Crippen LogP contribution is -2.52. The van der Waals surface area contributed by atoms with E-state index in [-0.39, 0.29) is 18.5 Å². The third-order valence-corrected chi connectivity index (χ3v) is 6.83. The van der Waals surface area contributed by atoms with Crippen LogP contribution in [0.3, 0.4) is 0 Å². The molecule has 0 fully saturated rings. The summed E-state index contributed by atoms with van der Waals surface area (Å²) < 4.78 is 26.1. The molecule has 0 saturated carbocycles. The van der Waals surface area contributed by atoms with Gasteiger partial charge in [-0.05, 0) is 57.0 Å². The van der Waals surface area contributed by atoms with Crippen molar-refractivity contribution in [1.29, 1.82) is 0 Å². The molecule has 2 amide bonds. The number of anilines is 1. The van der Waals surface area contributed by atoms with Crippen molar-refractivity contribution in [3.63, 3.8) is 0 Å². The van der Waals surface area contributed by atoms with Crippen LogP contribution in [0, 0.1) is 6.92 Å². The first-order chi connectivity index (χ1) is 15.4. The Balaban J connectivity index is 2.36. The van der Waals surface area contributed by atoms with E-state index in [1.165, 1.54) is 4.90 Å². The van der Waals surface area contributed by atoms with Gasteiger partial charge in [0.1, 0.15) is 12.6 Å². The Morgan fingerprint density at radius 3 is 2.12 bits per heavy atom. The van der Waals surface area contributed by atoms with E-state index in [1.54, 1.807) is 55.5 Å². The lowest BCUT2D eigenvalue weighted by atomic mass is 10.1. The Kier molecular flexibility index (Phi) is 9.31. The van der Waals surface area contributed by atoms with Crippen LogP contribution in [0.2, 0.25) is 5.02 Å². The molecule has 2 atom stereocenters. The highest BCUT2D eigenvalue weighted by Crippen LogP contribution is 2.20. The maximum Gasteiger partial charge on any atom is 0.244 e. The van der Waals surface area contributed by atoms with E-state index >= 15 is 0 Å². The van der Waals surface area contributed by atoms with E-state index in [4.69, 9.17) is 11.6 Å². The number of amides is 2. The second-order valence-corrected chi connectivity index (χ2v) is 10.6. The Bertz CT molecular complexity index is 1060. The average molecular weight is 494 g/mol. The van der Waals surface area contributed by atoms with Gasteiger partial charge in [-0.2, -0.15) is 0 Å². The molecule has 0 aliphatic carbocycles. The fraction of sp³-hybridized carbons (Fsp3) is 0.417. The smallest absolute Gasteiger partial charge is 0.244 e. The quantitative estimate of drug-likeness (QED) is 0.546. The summed E-state index contributed by atoms with van der Waals surface area (Å²) in [7, 11) is -3.74. The number of sulfonamides is 1. The largest absolute Gasteiger partial charge is 0.352 e. The van der Waals surface area contributed by atoms with Crippen LogP contribution in [0.15, 0.2) is 48.5 Å². The second-order valence-electron chi connectivity index (χ2n) is 8.25. The third-order valence-electron chi connectivity index (χ3n) is 5.44. The maximum atomic E-state index is 13.4. The molecule has 0 saturated heterocycles. The van der Waals surface area contributed by atoms with Crippen molar-refractivity contribution in [2.75, 3.05) is 17.1 Å². The van der Waals surface area contributed by atoms with Crippen molar-refractivity contribution in [3.05, 3.63) is 64.7 Å². The number of nitrogens with zero attached hydrogens (tertiary/aromatic N) is 2. The number of rotatable bonds is 10. The summed E-state index contributed by atoms with van der Waals surface area (Å²) in [6.07, 6.45) is 1.81. The molecule has 9 heteroatoms. The Morgan fingerprint density at radius 1 is 1.03 bits per heavy atom. The van der Waals surface area contributed by atoms with Gasteiger partial charge < -0.3 is 10.2 Å². The summed E-state index contributed by atoms with van der Waals surface area (Å²) in [6.45, 7) is 7.09. The van der Waals surface area contributed by atoms with Crippen LogP contribution in [0.4, 0.5) is 5.69 Å². The molecule has 0 radical (unpaired) electrons. The van der Waals surface area contributed by atoms with Gasteiger partial charge in [0, 0.05) is 17.6 Å². The minimum atomic E-state index is -3.74. The van der Waals surface area contributed by atoms with Crippen LogP contribution in [-0.4, -0.2) is 50.0 Å². The normalized spacial score (nSPS) is 13.2. The summed E-state index contributed by atoms with van der Waals surface area (Å²) in [4.78, 5) is 27.7. The summed E-state index contributed by atoms with van der Waals surface area (Å²) in [5.74, 6) is -0.782.